The number of ether oxygens (including phenoxy) is 2. The molecule has 1 aromatic rings. The van der Waals surface area contributed by atoms with Crippen molar-refractivity contribution < 1.29 is 19.4 Å². The first kappa shape index (κ1) is 10.5. The summed E-state index contributed by atoms with van der Waals surface area (Å²) in [7, 11) is 2.73. The number of methoxy groups -OCH3 is 2. The number of aliphatic hydroxyl groups is 1. The van der Waals surface area contributed by atoms with Gasteiger partial charge in [0.2, 0.25) is 5.88 Å². The van der Waals surface area contributed by atoms with E-state index in [1.807, 2.05) is 0 Å². The van der Waals surface area contributed by atoms with Crippen molar-refractivity contribution in [2.45, 2.75) is 6.61 Å². The topological polar surface area (TPSA) is 68.7 Å². The fraction of sp³-hybridized carbons (Fsp3) is 0.333. The van der Waals surface area contributed by atoms with Gasteiger partial charge in [0.15, 0.2) is 0 Å². The van der Waals surface area contributed by atoms with Gasteiger partial charge in [-0.1, -0.05) is 0 Å². The largest absolute Gasteiger partial charge is 0.481 e. The zero-order valence-electron chi connectivity index (χ0n) is 7.98. The van der Waals surface area contributed by atoms with E-state index in [0.29, 0.717) is 11.4 Å². The summed E-state index contributed by atoms with van der Waals surface area (Å²) in [6, 6.07) is 1.48. The van der Waals surface area contributed by atoms with E-state index in [9.17, 15) is 4.79 Å². The van der Waals surface area contributed by atoms with Gasteiger partial charge in [0, 0.05) is 11.8 Å². The van der Waals surface area contributed by atoms with Crippen LogP contribution in [0.5, 0.6) is 5.88 Å². The molecule has 0 radical (unpaired) electrons. The molecule has 0 bridgehead atoms. The van der Waals surface area contributed by atoms with E-state index >= 15 is 0 Å². The quantitative estimate of drug-likeness (QED) is 0.709. The van der Waals surface area contributed by atoms with Crippen molar-refractivity contribution in [1.82, 2.24) is 4.98 Å². The number of rotatable bonds is 3. The zero-order chi connectivity index (χ0) is 10.6. The number of esters is 1. The minimum absolute atomic E-state index is 0.235. The van der Waals surface area contributed by atoms with Gasteiger partial charge in [-0.2, -0.15) is 0 Å². The second-order valence-corrected chi connectivity index (χ2v) is 2.54. The Labute approximate surface area is 81.3 Å². The Bertz CT molecular complexity index is 338. The van der Waals surface area contributed by atoms with E-state index in [0.717, 1.165) is 0 Å². The summed E-state index contributed by atoms with van der Waals surface area (Å²) in [4.78, 5) is 15.0. The van der Waals surface area contributed by atoms with E-state index < -0.39 is 5.97 Å². The lowest BCUT2D eigenvalue weighted by atomic mass is 10.2. The molecule has 0 aromatic carbocycles. The third kappa shape index (κ3) is 2.00. The Morgan fingerprint density at radius 2 is 2.29 bits per heavy atom. The Kier molecular flexibility index (Phi) is 3.41. The summed E-state index contributed by atoms with van der Waals surface area (Å²) >= 11 is 0. The first-order valence-electron chi connectivity index (χ1n) is 3.95. The number of carbonyl (C=O) groups is 1. The van der Waals surface area contributed by atoms with Gasteiger partial charge in [0.25, 0.3) is 0 Å². The second kappa shape index (κ2) is 4.57. The van der Waals surface area contributed by atoms with Gasteiger partial charge in [0.05, 0.1) is 26.4 Å². The van der Waals surface area contributed by atoms with Crippen LogP contribution < -0.4 is 4.74 Å². The van der Waals surface area contributed by atoms with Gasteiger partial charge in [-0.25, -0.2) is 9.78 Å². The van der Waals surface area contributed by atoms with Crippen molar-refractivity contribution in [3.05, 3.63) is 23.4 Å². The highest BCUT2D eigenvalue weighted by Crippen LogP contribution is 2.16. The van der Waals surface area contributed by atoms with Gasteiger partial charge in [-0.15, -0.1) is 0 Å². The minimum atomic E-state index is -0.491. The van der Waals surface area contributed by atoms with Crippen LogP contribution in [-0.4, -0.2) is 30.3 Å². The summed E-state index contributed by atoms with van der Waals surface area (Å²) in [5.41, 5.74) is 0.743. The fourth-order valence-electron chi connectivity index (χ4n) is 1.02. The molecule has 0 atom stereocenters. The molecule has 76 valence electrons. The van der Waals surface area contributed by atoms with E-state index in [1.165, 1.54) is 26.5 Å². The van der Waals surface area contributed by atoms with Crippen LogP contribution in [-0.2, 0) is 11.3 Å². The molecule has 1 aromatic heterocycles. The Morgan fingerprint density at radius 1 is 1.57 bits per heavy atom. The number of nitrogens with zero attached hydrogens (tertiary/aromatic N) is 1. The van der Waals surface area contributed by atoms with Crippen LogP contribution in [0.4, 0.5) is 0 Å². The Hall–Kier alpha value is -1.62. The summed E-state index contributed by atoms with van der Waals surface area (Å²) < 4.78 is 9.39. The van der Waals surface area contributed by atoms with Crippen LogP contribution in [0.1, 0.15) is 15.9 Å². The molecule has 1 rings (SSSR count). The van der Waals surface area contributed by atoms with E-state index in [-0.39, 0.29) is 12.2 Å². The third-order valence-corrected chi connectivity index (χ3v) is 1.71. The summed E-state index contributed by atoms with van der Waals surface area (Å²) in [6.07, 6.45) is 1.34. The number of aliphatic hydroxyl groups excluding tert-OH is 1. The van der Waals surface area contributed by atoms with Crippen LogP contribution in [0.3, 0.4) is 0 Å². The minimum Gasteiger partial charge on any atom is -0.481 e. The van der Waals surface area contributed by atoms with Crippen LogP contribution in [0.25, 0.3) is 0 Å². The van der Waals surface area contributed by atoms with Gasteiger partial charge in [-0.05, 0) is 6.07 Å². The normalized spacial score (nSPS) is 9.64. The predicted octanol–water partition coefficient (Wildman–Crippen LogP) is 0.369. The van der Waals surface area contributed by atoms with Crippen molar-refractivity contribution in [3.8, 4) is 5.88 Å². The van der Waals surface area contributed by atoms with Gasteiger partial charge in [-0.3, -0.25) is 0 Å². The number of hydrogen-bond donors (Lipinski definition) is 1. The lowest BCUT2D eigenvalue weighted by molar-refractivity contribution is 0.0600. The third-order valence-electron chi connectivity index (χ3n) is 1.71. The highest BCUT2D eigenvalue weighted by molar-refractivity contribution is 5.89. The lowest BCUT2D eigenvalue weighted by Crippen LogP contribution is -2.04. The van der Waals surface area contributed by atoms with Gasteiger partial charge < -0.3 is 14.6 Å². The summed E-state index contributed by atoms with van der Waals surface area (Å²) in [5.74, 6) is -0.185. The first-order valence-corrected chi connectivity index (χ1v) is 3.95. The standard InChI is InChI=1S/C9H11NO4/c1-13-8-7(5-11)3-6(4-10-8)9(12)14-2/h3-4,11H,5H2,1-2H3. The Balaban J connectivity index is 3.07. The molecule has 0 amide bonds. The average molecular weight is 197 g/mol. The molecule has 5 nitrogen and oxygen atoms in total. The molecule has 0 aliphatic heterocycles. The van der Waals surface area contributed by atoms with Crippen molar-refractivity contribution in [2.24, 2.45) is 0 Å². The number of aromatic nitrogens is 1. The maximum absolute atomic E-state index is 11.1. The molecular formula is C9H11NO4. The molecule has 14 heavy (non-hydrogen) atoms. The summed E-state index contributed by atoms with van der Waals surface area (Å²) in [5, 5.41) is 8.96. The van der Waals surface area contributed by atoms with Gasteiger partial charge in [0.1, 0.15) is 0 Å². The van der Waals surface area contributed by atoms with Crippen molar-refractivity contribution >= 4 is 5.97 Å². The van der Waals surface area contributed by atoms with Crippen LogP contribution >= 0.6 is 0 Å². The molecule has 0 aliphatic rings. The molecule has 1 heterocycles. The van der Waals surface area contributed by atoms with Crippen LogP contribution in [0.15, 0.2) is 12.3 Å². The highest BCUT2D eigenvalue weighted by atomic mass is 16.5. The maximum atomic E-state index is 11.1. The molecule has 1 N–H and O–H groups in total. The van der Waals surface area contributed by atoms with Crippen LogP contribution in [0, 0.1) is 0 Å². The van der Waals surface area contributed by atoms with Gasteiger partial charge >= 0.3 is 5.97 Å². The molecule has 0 saturated carbocycles. The second-order valence-electron chi connectivity index (χ2n) is 2.54. The number of hydrogen-bond acceptors (Lipinski definition) is 5. The molecule has 0 aliphatic carbocycles. The number of carbonyl (C=O) groups excluding carboxylic acids is 1. The zero-order valence-corrected chi connectivity index (χ0v) is 7.98. The molecule has 0 unspecified atom stereocenters. The average Bonchev–Trinajstić information content (AvgIpc) is 2.26. The SMILES string of the molecule is COC(=O)c1cnc(OC)c(CO)c1. The molecule has 0 spiro atoms. The van der Waals surface area contributed by atoms with E-state index in [2.05, 4.69) is 9.72 Å². The molecule has 0 saturated heterocycles. The molecule has 5 heteroatoms. The summed E-state index contributed by atoms with van der Waals surface area (Å²) in [6.45, 7) is -0.235. The predicted molar refractivity (Wildman–Crippen MR) is 48.1 cm³/mol. The van der Waals surface area contributed by atoms with E-state index in [4.69, 9.17) is 9.84 Å². The highest BCUT2D eigenvalue weighted by Gasteiger charge is 2.10. The van der Waals surface area contributed by atoms with Crippen LogP contribution in [0.2, 0.25) is 0 Å². The van der Waals surface area contributed by atoms with Crippen molar-refractivity contribution in [1.29, 1.82) is 0 Å². The molecular weight excluding hydrogens is 186 g/mol. The lowest BCUT2D eigenvalue weighted by Gasteiger charge is -2.06. The maximum Gasteiger partial charge on any atom is 0.339 e. The smallest absolute Gasteiger partial charge is 0.339 e. The molecule has 0 fully saturated rings. The number of pyridine rings is 1. The first-order chi connectivity index (χ1) is 6.72. The van der Waals surface area contributed by atoms with E-state index in [1.54, 1.807) is 0 Å². The monoisotopic (exact) mass is 197 g/mol. The fourth-order valence-corrected chi connectivity index (χ4v) is 1.02. The van der Waals surface area contributed by atoms with Crippen molar-refractivity contribution in [3.63, 3.8) is 0 Å². The van der Waals surface area contributed by atoms with Crippen molar-refractivity contribution in [2.75, 3.05) is 14.2 Å². The Morgan fingerprint density at radius 3 is 2.79 bits per heavy atom.